The van der Waals surface area contributed by atoms with Crippen LogP contribution in [0.25, 0.3) is 16.8 Å². The van der Waals surface area contributed by atoms with Crippen LogP contribution in [0.2, 0.25) is 0 Å². The highest BCUT2D eigenvalue weighted by molar-refractivity contribution is 5.95. The van der Waals surface area contributed by atoms with Crippen LogP contribution in [0.15, 0.2) is 54.7 Å². The maximum atomic E-state index is 12.6. The number of aromatic nitrogens is 3. The quantitative estimate of drug-likeness (QED) is 0.353. The number of hydrogen-bond donors (Lipinski definition) is 2. The fourth-order valence-electron chi connectivity index (χ4n) is 5.11. The van der Waals surface area contributed by atoms with Crippen LogP contribution in [-0.4, -0.2) is 26.9 Å². The first-order valence-electron chi connectivity index (χ1n) is 12.8. The van der Waals surface area contributed by atoms with E-state index in [1.807, 2.05) is 62.4 Å². The molecule has 1 aliphatic carbocycles. The van der Waals surface area contributed by atoms with Gasteiger partial charge < -0.3 is 15.8 Å². The highest BCUT2D eigenvalue weighted by atomic mass is 16.5. The summed E-state index contributed by atoms with van der Waals surface area (Å²) in [6.45, 7) is 4.90. The molecule has 1 saturated carbocycles. The van der Waals surface area contributed by atoms with Crippen molar-refractivity contribution >= 4 is 17.2 Å². The first-order chi connectivity index (χ1) is 17.6. The van der Waals surface area contributed by atoms with Crippen LogP contribution in [0, 0.1) is 6.92 Å². The minimum absolute atomic E-state index is 0.0725. The summed E-state index contributed by atoms with van der Waals surface area (Å²) in [5.41, 5.74) is 11.6. The Balaban J connectivity index is 1.45. The number of anilines is 1. The second-order valence-corrected chi connectivity index (χ2v) is 9.45. The number of nitrogens with one attached hydrogen (secondary N) is 1. The van der Waals surface area contributed by atoms with Crippen molar-refractivity contribution in [2.75, 3.05) is 12.3 Å². The number of fused-ring (bicyclic) bond motifs is 1. The van der Waals surface area contributed by atoms with Gasteiger partial charge in [-0.3, -0.25) is 9.20 Å². The average Bonchev–Trinajstić information content (AvgIpc) is 3.32. The SMILES string of the molecule is CCOc1cnc(N)c2c(-c3ccc(CNC(=O)c4ccccc4C)cc3)nc(C3CCCCC3)n12. The summed E-state index contributed by atoms with van der Waals surface area (Å²) < 4.78 is 8.01. The van der Waals surface area contributed by atoms with Crippen LogP contribution in [0.4, 0.5) is 5.82 Å². The Bertz CT molecular complexity index is 1370. The smallest absolute Gasteiger partial charge is 0.251 e. The molecule has 0 saturated heterocycles. The number of imidazole rings is 1. The molecule has 2 aromatic heterocycles. The van der Waals surface area contributed by atoms with Crippen LogP contribution in [0.3, 0.4) is 0 Å². The molecule has 7 nitrogen and oxygen atoms in total. The standard InChI is InChI=1S/C29H33N5O2/c1-3-36-24-18-31-27(30)26-25(33-28(34(24)26)22-10-5-4-6-11-22)21-15-13-20(14-16-21)17-32-29(35)23-12-8-7-9-19(23)2/h7-9,12-16,18,22H,3-6,10-11,17H2,1-2H3,(H2,30,31)(H,32,35). The van der Waals surface area contributed by atoms with Gasteiger partial charge in [0.1, 0.15) is 22.9 Å². The van der Waals surface area contributed by atoms with Crippen molar-refractivity contribution < 1.29 is 9.53 Å². The van der Waals surface area contributed by atoms with E-state index in [1.165, 1.54) is 19.3 Å². The van der Waals surface area contributed by atoms with E-state index in [0.29, 0.717) is 36.3 Å². The van der Waals surface area contributed by atoms with Gasteiger partial charge in [-0.1, -0.05) is 61.7 Å². The van der Waals surface area contributed by atoms with Crippen molar-refractivity contribution in [3.05, 3.63) is 77.2 Å². The number of nitrogens with zero attached hydrogens (tertiary/aromatic N) is 3. The first-order valence-corrected chi connectivity index (χ1v) is 12.8. The third kappa shape index (κ3) is 4.65. The second kappa shape index (κ2) is 10.4. The maximum absolute atomic E-state index is 12.6. The van der Waals surface area contributed by atoms with Gasteiger partial charge in [0.05, 0.1) is 12.8 Å². The summed E-state index contributed by atoms with van der Waals surface area (Å²) in [5, 5.41) is 3.02. The number of amides is 1. The molecule has 0 unspecified atom stereocenters. The summed E-state index contributed by atoms with van der Waals surface area (Å²) in [7, 11) is 0. The Labute approximate surface area is 211 Å². The fraction of sp³-hybridized carbons (Fsp3) is 0.345. The molecule has 1 aliphatic rings. The number of nitrogens with two attached hydrogens (primary N) is 1. The van der Waals surface area contributed by atoms with Crippen LogP contribution >= 0.6 is 0 Å². The van der Waals surface area contributed by atoms with E-state index in [2.05, 4.69) is 14.7 Å². The van der Waals surface area contributed by atoms with Crippen molar-refractivity contribution in [1.29, 1.82) is 0 Å². The second-order valence-electron chi connectivity index (χ2n) is 9.45. The Morgan fingerprint density at radius 1 is 1.11 bits per heavy atom. The van der Waals surface area contributed by atoms with E-state index < -0.39 is 0 Å². The zero-order chi connectivity index (χ0) is 25.1. The van der Waals surface area contributed by atoms with E-state index in [4.69, 9.17) is 15.5 Å². The highest BCUT2D eigenvalue weighted by Gasteiger charge is 2.26. The van der Waals surface area contributed by atoms with Crippen LogP contribution < -0.4 is 15.8 Å². The van der Waals surface area contributed by atoms with Crippen LogP contribution in [-0.2, 0) is 6.54 Å². The lowest BCUT2D eigenvalue weighted by molar-refractivity contribution is 0.0950. The van der Waals surface area contributed by atoms with Crippen molar-refractivity contribution in [3.8, 4) is 17.1 Å². The van der Waals surface area contributed by atoms with Gasteiger partial charge in [-0.25, -0.2) is 9.97 Å². The van der Waals surface area contributed by atoms with Crippen molar-refractivity contribution in [2.24, 2.45) is 0 Å². The molecule has 186 valence electrons. The molecule has 0 radical (unpaired) electrons. The Morgan fingerprint density at radius 2 is 1.86 bits per heavy atom. The summed E-state index contributed by atoms with van der Waals surface area (Å²) >= 11 is 0. The predicted octanol–water partition coefficient (Wildman–Crippen LogP) is 5.66. The molecule has 7 heteroatoms. The lowest BCUT2D eigenvalue weighted by Gasteiger charge is -2.21. The van der Waals surface area contributed by atoms with Crippen molar-refractivity contribution in [3.63, 3.8) is 0 Å². The third-order valence-electron chi connectivity index (χ3n) is 7.01. The van der Waals surface area contributed by atoms with Crippen molar-refractivity contribution in [1.82, 2.24) is 19.7 Å². The fourth-order valence-corrected chi connectivity index (χ4v) is 5.11. The first kappa shape index (κ1) is 23.9. The summed E-state index contributed by atoms with van der Waals surface area (Å²) in [4.78, 5) is 22.1. The molecule has 0 bridgehead atoms. The normalized spacial score (nSPS) is 14.2. The molecule has 2 heterocycles. The monoisotopic (exact) mass is 483 g/mol. The van der Waals surface area contributed by atoms with Gasteiger partial charge in [0.15, 0.2) is 0 Å². The zero-order valence-electron chi connectivity index (χ0n) is 21.0. The molecule has 36 heavy (non-hydrogen) atoms. The molecule has 0 spiro atoms. The topological polar surface area (TPSA) is 94.5 Å². The number of hydrogen-bond acceptors (Lipinski definition) is 5. The minimum atomic E-state index is -0.0725. The average molecular weight is 484 g/mol. The maximum Gasteiger partial charge on any atom is 0.251 e. The van der Waals surface area contributed by atoms with Gasteiger partial charge in [0.25, 0.3) is 5.91 Å². The molecular formula is C29H33N5O2. The van der Waals surface area contributed by atoms with Gasteiger partial charge in [-0.2, -0.15) is 0 Å². The van der Waals surface area contributed by atoms with E-state index in [1.54, 1.807) is 6.20 Å². The predicted molar refractivity (Wildman–Crippen MR) is 142 cm³/mol. The Kier molecular flexibility index (Phi) is 6.89. The van der Waals surface area contributed by atoms with Crippen LogP contribution in [0.5, 0.6) is 5.88 Å². The van der Waals surface area contributed by atoms with Crippen molar-refractivity contribution in [2.45, 2.75) is 58.4 Å². The molecule has 1 fully saturated rings. The molecule has 5 rings (SSSR count). The molecule has 2 aromatic carbocycles. The number of ether oxygens (including phenoxy) is 1. The number of nitrogen functional groups attached to an aromatic ring is 1. The Hall–Kier alpha value is -3.87. The molecular weight excluding hydrogens is 450 g/mol. The lowest BCUT2D eigenvalue weighted by atomic mass is 9.89. The molecule has 1 amide bonds. The number of aryl methyl sites for hydroxylation is 1. The highest BCUT2D eigenvalue weighted by Crippen LogP contribution is 2.38. The van der Waals surface area contributed by atoms with Gasteiger partial charge in [-0.05, 0) is 43.9 Å². The lowest BCUT2D eigenvalue weighted by Crippen LogP contribution is -2.23. The number of carbonyl (C=O) groups excluding carboxylic acids is 1. The van der Waals surface area contributed by atoms with Gasteiger partial charge in [0.2, 0.25) is 5.88 Å². The van der Waals surface area contributed by atoms with Gasteiger partial charge >= 0.3 is 0 Å². The summed E-state index contributed by atoms with van der Waals surface area (Å²) in [5.74, 6) is 2.43. The van der Waals surface area contributed by atoms with E-state index >= 15 is 0 Å². The molecule has 0 aliphatic heterocycles. The molecule has 0 atom stereocenters. The third-order valence-corrected chi connectivity index (χ3v) is 7.01. The molecule has 3 N–H and O–H groups in total. The number of benzene rings is 2. The number of carbonyl (C=O) groups is 1. The summed E-state index contributed by atoms with van der Waals surface area (Å²) in [6.07, 6.45) is 7.63. The molecule has 4 aromatic rings. The minimum Gasteiger partial charge on any atom is -0.478 e. The van der Waals surface area contributed by atoms with E-state index in [0.717, 1.165) is 46.6 Å². The van der Waals surface area contributed by atoms with Gasteiger partial charge in [-0.15, -0.1) is 0 Å². The van der Waals surface area contributed by atoms with E-state index in [-0.39, 0.29) is 5.91 Å². The zero-order valence-corrected chi connectivity index (χ0v) is 21.0. The van der Waals surface area contributed by atoms with E-state index in [9.17, 15) is 4.79 Å². The van der Waals surface area contributed by atoms with Crippen LogP contribution in [0.1, 0.15) is 72.3 Å². The summed E-state index contributed by atoms with van der Waals surface area (Å²) in [6, 6.07) is 15.7. The van der Waals surface area contributed by atoms with Gasteiger partial charge in [0, 0.05) is 23.6 Å². The Morgan fingerprint density at radius 3 is 2.58 bits per heavy atom. The number of rotatable bonds is 7. The largest absolute Gasteiger partial charge is 0.478 e.